The average molecular weight is 290 g/mol. The fourth-order valence-electron chi connectivity index (χ4n) is 2.13. The molecule has 1 heterocycles. The maximum Gasteiger partial charge on any atom is 0.506 e. The molecule has 0 atom stereocenters. The molecule has 0 unspecified atom stereocenters. The first-order chi connectivity index (χ1) is 9.14. The molecular formula is C14H26O4S. The van der Waals surface area contributed by atoms with Gasteiger partial charge in [0.05, 0.1) is 0 Å². The SMILES string of the molecule is CCCCCCCCCCCCC=C1OS(=O)(=O)O1. The lowest BCUT2D eigenvalue weighted by Crippen LogP contribution is -2.21. The topological polar surface area (TPSA) is 52.6 Å². The molecule has 0 amide bonds. The Kier molecular flexibility index (Phi) is 7.94. The second kappa shape index (κ2) is 9.23. The molecular weight excluding hydrogens is 264 g/mol. The van der Waals surface area contributed by atoms with Crippen molar-refractivity contribution in [1.29, 1.82) is 0 Å². The molecule has 0 N–H and O–H groups in total. The lowest BCUT2D eigenvalue weighted by atomic mass is 10.1. The lowest BCUT2D eigenvalue weighted by molar-refractivity contribution is 0.118. The zero-order chi connectivity index (χ0) is 14.0. The molecule has 0 radical (unpaired) electrons. The maximum absolute atomic E-state index is 10.5. The van der Waals surface area contributed by atoms with Crippen molar-refractivity contribution in [1.82, 2.24) is 0 Å². The van der Waals surface area contributed by atoms with Crippen molar-refractivity contribution in [3.05, 3.63) is 12.0 Å². The van der Waals surface area contributed by atoms with Gasteiger partial charge in [0.15, 0.2) is 0 Å². The van der Waals surface area contributed by atoms with Gasteiger partial charge in [0.25, 0.3) is 0 Å². The summed E-state index contributed by atoms with van der Waals surface area (Å²) in [6.07, 6.45) is 15.5. The van der Waals surface area contributed by atoms with Crippen LogP contribution in [0.25, 0.3) is 0 Å². The number of allylic oxidation sites excluding steroid dienone is 1. The van der Waals surface area contributed by atoms with E-state index in [1.807, 2.05) is 0 Å². The van der Waals surface area contributed by atoms with Crippen LogP contribution in [-0.4, -0.2) is 8.42 Å². The van der Waals surface area contributed by atoms with E-state index < -0.39 is 10.4 Å². The Bertz CT molecular complexity index is 346. The van der Waals surface area contributed by atoms with E-state index in [4.69, 9.17) is 0 Å². The maximum atomic E-state index is 10.5. The van der Waals surface area contributed by atoms with Crippen LogP contribution >= 0.6 is 0 Å². The lowest BCUT2D eigenvalue weighted by Gasteiger charge is -2.17. The van der Waals surface area contributed by atoms with Crippen LogP contribution in [0.3, 0.4) is 0 Å². The zero-order valence-electron chi connectivity index (χ0n) is 11.9. The third kappa shape index (κ3) is 8.14. The standard InChI is InChI=1S/C14H26O4S/c1-2-3-4-5-6-7-8-9-10-11-12-13-14-17-19(15,16)18-14/h13H,2-12H2,1H3. The molecule has 0 saturated carbocycles. The number of hydrogen-bond acceptors (Lipinski definition) is 4. The van der Waals surface area contributed by atoms with Gasteiger partial charge in [-0.2, -0.15) is 0 Å². The van der Waals surface area contributed by atoms with Crippen LogP contribution in [0.1, 0.15) is 77.6 Å². The van der Waals surface area contributed by atoms with Gasteiger partial charge in [-0.25, -0.2) is 0 Å². The fourth-order valence-corrected chi connectivity index (χ4v) is 2.68. The first kappa shape index (κ1) is 16.3. The highest BCUT2D eigenvalue weighted by atomic mass is 32.3. The van der Waals surface area contributed by atoms with Gasteiger partial charge in [-0.05, 0) is 18.9 Å². The molecule has 0 aliphatic carbocycles. The van der Waals surface area contributed by atoms with Crippen molar-refractivity contribution in [2.75, 3.05) is 0 Å². The van der Waals surface area contributed by atoms with Gasteiger partial charge in [0.2, 0.25) is 0 Å². The Morgan fingerprint density at radius 2 is 1.32 bits per heavy atom. The van der Waals surface area contributed by atoms with Gasteiger partial charge in [-0.1, -0.05) is 64.7 Å². The fraction of sp³-hybridized carbons (Fsp3) is 0.857. The molecule has 1 aliphatic heterocycles. The van der Waals surface area contributed by atoms with Crippen molar-refractivity contribution < 1.29 is 16.8 Å². The van der Waals surface area contributed by atoms with Crippen molar-refractivity contribution in [3.8, 4) is 0 Å². The van der Waals surface area contributed by atoms with E-state index in [9.17, 15) is 8.42 Å². The van der Waals surface area contributed by atoms with E-state index in [1.54, 1.807) is 6.08 Å². The van der Waals surface area contributed by atoms with Crippen molar-refractivity contribution in [3.63, 3.8) is 0 Å². The minimum atomic E-state index is -3.66. The van der Waals surface area contributed by atoms with Gasteiger partial charge in [0, 0.05) is 0 Å². The van der Waals surface area contributed by atoms with Crippen LogP contribution in [0.4, 0.5) is 0 Å². The third-order valence-electron chi connectivity index (χ3n) is 3.24. The monoisotopic (exact) mass is 290 g/mol. The van der Waals surface area contributed by atoms with Crippen LogP contribution in [-0.2, 0) is 18.8 Å². The van der Waals surface area contributed by atoms with E-state index in [0.717, 1.165) is 12.8 Å². The minimum absolute atomic E-state index is 0.135. The first-order valence-corrected chi connectivity index (χ1v) is 8.81. The van der Waals surface area contributed by atoms with Crippen LogP contribution in [0.2, 0.25) is 0 Å². The highest BCUT2D eigenvalue weighted by molar-refractivity contribution is 7.83. The molecule has 112 valence electrons. The summed E-state index contributed by atoms with van der Waals surface area (Å²) >= 11 is 0. The largest absolute Gasteiger partial charge is 0.506 e. The van der Waals surface area contributed by atoms with E-state index in [-0.39, 0.29) is 5.95 Å². The Labute approximate surface area is 117 Å². The molecule has 1 aliphatic rings. The van der Waals surface area contributed by atoms with Crippen LogP contribution in [0.15, 0.2) is 12.0 Å². The van der Waals surface area contributed by atoms with E-state index in [2.05, 4.69) is 15.3 Å². The average Bonchev–Trinajstić information content (AvgIpc) is 2.33. The third-order valence-corrected chi connectivity index (χ3v) is 3.97. The van der Waals surface area contributed by atoms with E-state index >= 15 is 0 Å². The summed E-state index contributed by atoms with van der Waals surface area (Å²) in [5.74, 6) is 0.135. The number of hydrogen-bond donors (Lipinski definition) is 0. The normalized spacial score (nSPS) is 16.4. The Morgan fingerprint density at radius 1 is 0.842 bits per heavy atom. The number of unbranched alkanes of at least 4 members (excludes halogenated alkanes) is 10. The summed E-state index contributed by atoms with van der Waals surface area (Å²) in [7, 11) is -3.66. The molecule has 0 bridgehead atoms. The summed E-state index contributed by atoms with van der Waals surface area (Å²) in [6.45, 7) is 2.24. The summed E-state index contributed by atoms with van der Waals surface area (Å²) in [6, 6.07) is 0. The van der Waals surface area contributed by atoms with Crippen LogP contribution < -0.4 is 0 Å². The molecule has 19 heavy (non-hydrogen) atoms. The van der Waals surface area contributed by atoms with E-state index in [1.165, 1.54) is 57.8 Å². The molecule has 1 rings (SSSR count). The molecule has 0 spiro atoms. The van der Waals surface area contributed by atoms with E-state index in [0.29, 0.717) is 0 Å². The Balaban J connectivity index is 1.79. The predicted octanol–water partition coefficient (Wildman–Crippen LogP) is 4.43. The molecule has 1 saturated heterocycles. The first-order valence-electron chi connectivity index (χ1n) is 7.48. The van der Waals surface area contributed by atoms with Crippen LogP contribution in [0, 0.1) is 0 Å². The predicted molar refractivity (Wildman–Crippen MR) is 75.6 cm³/mol. The van der Waals surface area contributed by atoms with Crippen molar-refractivity contribution >= 4 is 10.4 Å². The van der Waals surface area contributed by atoms with Gasteiger partial charge < -0.3 is 8.37 Å². The smallest absolute Gasteiger partial charge is 0.315 e. The summed E-state index contributed by atoms with van der Waals surface area (Å²) in [4.78, 5) is 0. The molecule has 0 aromatic carbocycles. The summed E-state index contributed by atoms with van der Waals surface area (Å²) in [5.41, 5.74) is 0. The quantitative estimate of drug-likeness (QED) is 0.528. The highest BCUT2D eigenvalue weighted by Gasteiger charge is 2.31. The van der Waals surface area contributed by atoms with Crippen molar-refractivity contribution in [2.24, 2.45) is 0 Å². The Hall–Kier alpha value is -0.710. The zero-order valence-corrected chi connectivity index (χ0v) is 12.7. The highest BCUT2D eigenvalue weighted by Crippen LogP contribution is 2.22. The Morgan fingerprint density at radius 3 is 1.79 bits per heavy atom. The molecule has 1 fully saturated rings. The van der Waals surface area contributed by atoms with Gasteiger partial charge >= 0.3 is 16.3 Å². The minimum Gasteiger partial charge on any atom is -0.315 e. The molecule has 5 heteroatoms. The molecule has 4 nitrogen and oxygen atoms in total. The van der Waals surface area contributed by atoms with Gasteiger partial charge in [-0.3, -0.25) is 0 Å². The molecule has 0 aromatic heterocycles. The van der Waals surface area contributed by atoms with Crippen molar-refractivity contribution in [2.45, 2.75) is 77.6 Å². The van der Waals surface area contributed by atoms with Crippen LogP contribution in [0.5, 0.6) is 0 Å². The van der Waals surface area contributed by atoms with Gasteiger partial charge in [-0.15, -0.1) is 8.42 Å². The second-order valence-electron chi connectivity index (χ2n) is 5.07. The molecule has 0 aromatic rings. The number of rotatable bonds is 11. The van der Waals surface area contributed by atoms with Gasteiger partial charge in [0.1, 0.15) is 0 Å². The second-order valence-corrected chi connectivity index (χ2v) is 6.22. The summed E-state index contributed by atoms with van der Waals surface area (Å²) < 4.78 is 29.9. The summed E-state index contributed by atoms with van der Waals surface area (Å²) in [5, 5.41) is 0.